The summed E-state index contributed by atoms with van der Waals surface area (Å²) in [5, 5.41) is 23.7. The highest BCUT2D eigenvalue weighted by atomic mass is 28.4. The number of amides is 8. The standard InChI is InChI=1S/C41H86N8O9Si2/c1-14-56-59(11,12)21-17-19-42-36(50)45-32(5)26-55-28-34(7)48-39(53)49-35-23-40(8,9)29-41(10,24-35)30-44-38(52)47-33(6)27-54-25-31(4)46-37(51)43-20-18-22-60(13,57-15-2)58-16-3/h31-35H,14-30H2,1-13H3,(H2,42,45,50)(H2,43,46,51)(H2,44,47,52)(H2,48,49,53). The van der Waals surface area contributed by atoms with E-state index in [1.54, 1.807) is 0 Å². The van der Waals surface area contributed by atoms with Crippen LogP contribution in [0.15, 0.2) is 0 Å². The van der Waals surface area contributed by atoms with E-state index in [9.17, 15) is 19.2 Å². The molecule has 0 aromatic heterocycles. The highest BCUT2D eigenvalue weighted by Gasteiger charge is 2.42. The van der Waals surface area contributed by atoms with Gasteiger partial charge in [-0.3, -0.25) is 0 Å². The van der Waals surface area contributed by atoms with Gasteiger partial charge in [0.05, 0.1) is 50.6 Å². The van der Waals surface area contributed by atoms with Gasteiger partial charge in [-0.15, -0.1) is 0 Å². The van der Waals surface area contributed by atoms with Crippen LogP contribution in [0.4, 0.5) is 19.2 Å². The second-order valence-corrected chi connectivity index (χ2v) is 26.2. The number of hydrogen-bond donors (Lipinski definition) is 8. The largest absolute Gasteiger partial charge is 0.418 e. The lowest BCUT2D eigenvalue weighted by molar-refractivity contribution is 0.0730. The zero-order valence-corrected chi connectivity index (χ0v) is 41.6. The van der Waals surface area contributed by atoms with Crippen LogP contribution in [0.3, 0.4) is 0 Å². The Hall–Kier alpha value is -2.69. The van der Waals surface area contributed by atoms with Crippen molar-refractivity contribution in [1.29, 1.82) is 0 Å². The second-order valence-electron chi connectivity index (χ2n) is 18.6. The van der Waals surface area contributed by atoms with Crippen molar-refractivity contribution in [2.45, 2.75) is 163 Å². The summed E-state index contributed by atoms with van der Waals surface area (Å²) in [4.78, 5) is 50.6. The van der Waals surface area contributed by atoms with Crippen molar-refractivity contribution in [1.82, 2.24) is 42.5 Å². The molecule has 0 spiro atoms. The molecule has 0 saturated heterocycles. The predicted octanol–water partition coefficient (Wildman–Crippen LogP) is 5.52. The van der Waals surface area contributed by atoms with Crippen molar-refractivity contribution in [3.8, 4) is 0 Å². The van der Waals surface area contributed by atoms with Gasteiger partial charge in [-0.05, 0) is 123 Å². The molecule has 0 aliphatic heterocycles. The summed E-state index contributed by atoms with van der Waals surface area (Å²) in [5.41, 5.74) is -0.285. The molecular formula is C41H86N8O9Si2. The second kappa shape index (κ2) is 28.1. The van der Waals surface area contributed by atoms with Crippen LogP contribution in [0.2, 0.25) is 31.7 Å². The average molecular weight is 891 g/mol. The van der Waals surface area contributed by atoms with Crippen LogP contribution < -0.4 is 42.5 Å². The van der Waals surface area contributed by atoms with Crippen LogP contribution >= 0.6 is 0 Å². The Kier molecular flexibility index (Phi) is 25.9. The van der Waals surface area contributed by atoms with Crippen LogP contribution in [0, 0.1) is 10.8 Å². The predicted molar refractivity (Wildman–Crippen MR) is 243 cm³/mol. The molecule has 0 aromatic carbocycles. The number of carbonyl (C=O) groups excluding carboxylic acids is 4. The number of nitrogens with one attached hydrogen (secondary N) is 8. The molecule has 19 heteroatoms. The molecule has 1 aliphatic rings. The summed E-state index contributed by atoms with van der Waals surface area (Å²) >= 11 is 0. The monoisotopic (exact) mass is 891 g/mol. The van der Waals surface area contributed by atoms with Gasteiger partial charge in [0.15, 0.2) is 8.32 Å². The minimum atomic E-state index is -2.20. The van der Waals surface area contributed by atoms with Crippen molar-refractivity contribution < 1.29 is 41.9 Å². The third-order valence-corrected chi connectivity index (χ3v) is 15.9. The molecule has 0 bridgehead atoms. The molecule has 1 saturated carbocycles. The molecule has 0 aromatic rings. The molecule has 17 nitrogen and oxygen atoms in total. The van der Waals surface area contributed by atoms with Gasteiger partial charge in [-0.25, -0.2) is 19.2 Å². The van der Waals surface area contributed by atoms with Gasteiger partial charge in [0.2, 0.25) is 0 Å². The van der Waals surface area contributed by atoms with E-state index >= 15 is 0 Å². The quantitative estimate of drug-likeness (QED) is 0.0351. The molecule has 1 aliphatic carbocycles. The summed E-state index contributed by atoms with van der Waals surface area (Å²) in [5.74, 6) is 0. The first kappa shape index (κ1) is 55.3. The fourth-order valence-corrected chi connectivity index (χ4v) is 12.4. The molecule has 1 fully saturated rings. The fraction of sp³-hybridized carbons (Fsp3) is 0.902. The first-order valence-electron chi connectivity index (χ1n) is 22.3. The van der Waals surface area contributed by atoms with Gasteiger partial charge in [0.1, 0.15) is 0 Å². The molecule has 8 N–H and O–H groups in total. The first-order chi connectivity index (χ1) is 28.0. The van der Waals surface area contributed by atoms with Crippen molar-refractivity contribution in [2.24, 2.45) is 10.8 Å². The Morgan fingerprint density at radius 2 is 1.02 bits per heavy atom. The summed E-state index contributed by atoms with van der Waals surface area (Å²) in [6.07, 6.45) is 4.07. The van der Waals surface area contributed by atoms with Gasteiger partial charge in [-0.1, -0.05) is 20.8 Å². The highest BCUT2D eigenvalue weighted by Crippen LogP contribution is 2.45. The maximum atomic E-state index is 13.0. The van der Waals surface area contributed by atoms with E-state index in [1.165, 1.54) is 0 Å². The van der Waals surface area contributed by atoms with E-state index in [1.807, 2.05) is 48.5 Å². The number of rotatable bonds is 29. The molecule has 1 rings (SSSR count). The van der Waals surface area contributed by atoms with E-state index in [2.05, 4.69) is 82.9 Å². The van der Waals surface area contributed by atoms with Crippen LogP contribution in [0.5, 0.6) is 0 Å². The van der Waals surface area contributed by atoms with Gasteiger partial charge in [0.25, 0.3) is 0 Å². The Morgan fingerprint density at radius 1 is 0.600 bits per heavy atom. The Balaban J connectivity index is 2.37. The maximum absolute atomic E-state index is 13.0. The minimum Gasteiger partial charge on any atom is -0.418 e. The van der Waals surface area contributed by atoms with Crippen LogP contribution in [-0.4, -0.2) is 137 Å². The third kappa shape index (κ3) is 25.9. The number of urea groups is 4. The zero-order chi connectivity index (χ0) is 45.4. The number of hydrogen-bond acceptors (Lipinski definition) is 9. The smallest absolute Gasteiger partial charge is 0.334 e. The summed E-state index contributed by atoms with van der Waals surface area (Å²) in [6.45, 7) is 31.1. The van der Waals surface area contributed by atoms with Crippen LogP contribution in [0.25, 0.3) is 0 Å². The van der Waals surface area contributed by atoms with Crippen LogP contribution in [0.1, 0.15) is 101 Å². The zero-order valence-electron chi connectivity index (χ0n) is 39.6. The number of ether oxygens (including phenoxy) is 2. The molecular weight excluding hydrogens is 805 g/mol. The third-order valence-electron chi connectivity index (χ3n) is 10.2. The average Bonchev–Trinajstić information content (AvgIpc) is 3.10. The Labute approximate surface area is 364 Å². The van der Waals surface area contributed by atoms with E-state index < -0.39 is 16.9 Å². The minimum absolute atomic E-state index is 0.0477. The van der Waals surface area contributed by atoms with Crippen molar-refractivity contribution in [3.63, 3.8) is 0 Å². The van der Waals surface area contributed by atoms with Crippen molar-refractivity contribution in [2.75, 3.05) is 65.9 Å². The van der Waals surface area contributed by atoms with Gasteiger partial charge >= 0.3 is 32.7 Å². The van der Waals surface area contributed by atoms with Gasteiger partial charge < -0.3 is 65.3 Å². The molecule has 6 unspecified atom stereocenters. The van der Waals surface area contributed by atoms with E-state index in [4.69, 9.17) is 22.8 Å². The molecule has 60 heavy (non-hydrogen) atoms. The lowest BCUT2D eigenvalue weighted by Crippen LogP contribution is -2.54. The fourth-order valence-electron chi connectivity index (χ4n) is 8.04. The molecule has 0 heterocycles. The van der Waals surface area contributed by atoms with E-state index in [0.717, 1.165) is 44.4 Å². The van der Waals surface area contributed by atoms with Crippen molar-refractivity contribution >= 4 is 41.0 Å². The van der Waals surface area contributed by atoms with Gasteiger partial charge in [-0.2, -0.15) is 0 Å². The Morgan fingerprint density at radius 3 is 1.47 bits per heavy atom. The lowest BCUT2D eigenvalue weighted by atomic mass is 9.62. The summed E-state index contributed by atoms with van der Waals surface area (Å²) in [6, 6.07) is -0.213. The topological polar surface area (TPSA) is 211 Å². The van der Waals surface area contributed by atoms with E-state index in [-0.39, 0.29) is 71.8 Å². The molecule has 352 valence electrons. The van der Waals surface area contributed by atoms with Gasteiger partial charge in [0, 0.05) is 45.5 Å². The first-order valence-corrected chi connectivity index (χ1v) is 27.9. The molecule has 0 radical (unpaired) electrons. The summed E-state index contributed by atoms with van der Waals surface area (Å²) < 4.78 is 29.1. The summed E-state index contributed by atoms with van der Waals surface area (Å²) in [7, 11) is -3.86. The number of carbonyl (C=O) groups is 4. The Bertz CT molecular complexity index is 1260. The van der Waals surface area contributed by atoms with E-state index in [0.29, 0.717) is 59.1 Å². The highest BCUT2D eigenvalue weighted by molar-refractivity contribution is 6.71. The maximum Gasteiger partial charge on any atom is 0.334 e. The van der Waals surface area contributed by atoms with Crippen LogP contribution in [-0.2, 0) is 22.8 Å². The normalized spacial score (nSPS) is 19.9. The van der Waals surface area contributed by atoms with Crippen molar-refractivity contribution in [3.05, 3.63) is 0 Å². The molecule has 8 amide bonds. The molecule has 6 atom stereocenters. The lowest BCUT2D eigenvalue weighted by Gasteiger charge is -2.47. The SMILES string of the molecule is CCO[Si](C)(C)CCCNC(=O)NC(C)COCC(C)NC(=O)NC1CC(C)(C)CC(C)(CNC(=O)NC(C)COCC(C)NC(=O)NCCC[Si](C)(OCC)OCC)C1.